The van der Waals surface area contributed by atoms with Crippen LogP contribution >= 0.6 is 0 Å². The van der Waals surface area contributed by atoms with Crippen molar-refractivity contribution in [1.29, 1.82) is 0 Å². The minimum Gasteiger partial charge on any atom is -0.460 e. The van der Waals surface area contributed by atoms with Crippen LogP contribution in [0.3, 0.4) is 0 Å². The zero-order valence-corrected chi connectivity index (χ0v) is 23.9. The van der Waals surface area contributed by atoms with Crippen molar-refractivity contribution in [1.82, 2.24) is 15.1 Å². The highest BCUT2D eigenvalue weighted by Crippen LogP contribution is 2.24. The summed E-state index contributed by atoms with van der Waals surface area (Å²) in [5.74, 6) is -0.685. The Hall–Kier alpha value is -1.67. The molecule has 0 bridgehead atoms. The van der Waals surface area contributed by atoms with Crippen LogP contribution in [0.15, 0.2) is 0 Å². The topological polar surface area (TPSA) is 88.2 Å². The quantitative estimate of drug-likeness (QED) is 0.403. The van der Waals surface area contributed by atoms with Gasteiger partial charge in [-0.15, -0.1) is 0 Å². The summed E-state index contributed by atoms with van der Waals surface area (Å²) in [7, 11) is 7.01. The predicted molar refractivity (Wildman–Crippen MR) is 136 cm³/mol. The molecule has 34 heavy (non-hydrogen) atoms. The van der Waals surface area contributed by atoms with E-state index in [0.717, 1.165) is 6.42 Å². The molecule has 0 aliphatic rings. The molecule has 0 aliphatic heterocycles. The molecule has 0 aromatic heterocycles. The fourth-order valence-electron chi connectivity index (χ4n) is 4.38. The van der Waals surface area contributed by atoms with Crippen LogP contribution in [0, 0.1) is 17.8 Å². The minimum absolute atomic E-state index is 0.0369. The standard InChI is InChI=1S/C26H51N3O5/c1-14-18(6)23(19(33-13)15-20(30)34-26(7,8)9)29(12)25(32)21(16(2)3)27-24(31)22(17(4)5)28(10)11/h16-19,21-23H,14-15H2,1-13H3,(H,27,31). The Morgan fingerprint density at radius 3 is 1.82 bits per heavy atom. The number of carbonyl (C=O) groups is 3. The molecule has 0 aromatic rings. The van der Waals surface area contributed by atoms with E-state index >= 15 is 0 Å². The molecule has 200 valence electrons. The van der Waals surface area contributed by atoms with Gasteiger partial charge >= 0.3 is 5.97 Å². The van der Waals surface area contributed by atoms with Gasteiger partial charge in [-0.3, -0.25) is 19.3 Å². The van der Waals surface area contributed by atoms with Crippen LogP contribution in [-0.4, -0.2) is 85.7 Å². The van der Waals surface area contributed by atoms with Gasteiger partial charge in [0.2, 0.25) is 11.8 Å². The molecule has 0 saturated heterocycles. The van der Waals surface area contributed by atoms with Gasteiger partial charge in [0.15, 0.2) is 0 Å². The maximum absolute atomic E-state index is 13.7. The first kappa shape index (κ1) is 32.3. The molecule has 0 fully saturated rings. The van der Waals surface area contributed by atoms with Gasteiger partial charge < -0.3 is 19.7 Å². The second-order valence-corrected chi connectivity index (χ2v) is 11.3. The molecule has 0 spiro atoms. The maximum atomic E-state index is 13.7. The molecular weight excluding hydrogens is 434 g/mol. The Kier molecular flexibility index (Phi) is 13.3. The summed E-state index contributed by atoms with van der Waals surface area (Å²) < 4.78 is 11.2. The lowest BCUT2D eigenvalue weighted by atomic mass is 9.90. The number of methoxy groups -OCH3 is 1. The number of amides is 2. The lowest BCUT2D eigenvalue weighted by molar-refractivity contribution is -0.161. The monoisotopic (exact) mass is 485 g/mol. The summed E-state index contributed by atoms with van der Waals surface area (Å²) in [4.78, 5) is 42.9. The second kappa shape index (κ2) is 14.0. The molecule has 8 nitrogen and oxygen atoms in total. The van der Waals surface area contributed by atoms with E-state index in [9.17, 15) is 14.4 Å². The Morgan fingerprint density at radius 1 is 0.941 bits per heavy atom. The molecule has 0 aromatic carbocycles. The van der Waals surface area contributed by atoms with Crippen molar-refractivity contribution in [2.45, 2.75) is 105 Å². The average molecular weight is 486 g/mol. The number of esters is 1. The van der Waals surface area contributed by atoms with Crippen LogP contribution in [0.4, 0.5) is 0 Å². The smallest absolute Gasteiger partial charge is 0.309 e. The summed E-state index contributed by atoms with van der Waals surface area (Å²) in [5, 5.41) is 3.00. The molecule has 0 saturated carbocycles. The van der Waals surface area contributed by atoms with E-state index in [-0.39, 0.29) is 54.0 Å². The number of likely N-dealkylation sites (N-methyl/N-ethyl adjacent to an activating group) is 2. The van der Waals surface area contributed by atoms with Crippen molar-refractivity contribution in [3.8, 4) is 0 Å². The normalized spacial score (nSPS) is 16.7. The highest BCUT2D eigenvalue weighted by atomic mass is 16.6. The van der Waals surface area contributed by atoms with Crippen molar-refractivity contribution in [3.05, 3.63) is 0 Å². The first-order valence-electron chi connectivity index (χ1n) is 12.5. The Balaban J connectivity index is 5.90. The van der Waals surface area contributed by atoms with E-state index < -0.39 is 17.7 Å². The number of nitrogens with one attached hydrogen (secondary N) is 1. The van der Waals surface area contributed by atoms with Crippen LogP contribution in [0.1, 0.15) is 75.2 Å². The van der Waals surface area contributed by atoms with Gasteiger partial charge in [-0.05, 0) is 52.6 Å². The molecule has 0 rings (SSSR count). The fourth-order valence-corrected chi connectivity index (χ4v) is 4.38. The summed E-state index contributed by atoms with van der Waals surface area (Å²) in [6.07, 6.45) is 0.299. The molecule has 5 unspecified atom stereocenters. The Bertz CT molecular complexity index is 649. The summed E-state index contributed by atoms with van der Waals surface area (Å²) in [6, 6.07) is -1.39. The molecule has 8 heteroatoms. The number of rotatable bonds is 13. The highest BCUT2D eigenvalue weighted by Gasteiger charge is 2.39. The Labute approximate surface area is 208 Å². The zero-order chi connectivity index (χ0) is 27.0. The molecule has 5 atom stereocenters. The number of hydrogen-bond donors (Lipinski definition) is 1. The molecular formula is C26H51N3O5. The van der Waals surface area contributed by atoms with Crippen LogP contribution < -0.4 is 5.32 Å². The number of nitrogens with zero attached hydrogens (tertiary/aromatic N) is 2. The van der Waals surface area contributed by atoms with Gasteiger partial charge in [-0.2, -0.15) is 0 Å². The first-order valence-corrected chi connectivity index (χ1v) is 12.5. The average Bonchev–Trinajstić information content (AvgIpc) is 2.68. The SMILES string of the molecule is CCC(C)C(C(CC(=O)OC(C)(C)C)OC)N(C)C(=O)C(NC(=O)C(C(C)C)N(C)C)C(C)C. The van der Waals surface area contributed by atoms with Crippen molar-refractivity contribution in [2.75, 3.05) is 28.3 Å². The van der Waals surface area contributed by atoms with E-state index in [1.54, 1.807) is 19.1 Å². The highest BCUT2D eigenvalue weighted by molar-refractivity contribution is 5.90. The van der Waals surface area contributed by atoms with E-state index in [2.05, 4.69) is 5.32 Å². The van der Waals surface area contributed by atoms with Gasteiger partial charge in [0.25, 0.3) is 0 Å². The summed E-state index contributed by atoms with van der Waals surface area (Å²) >= 11 is 0. The van der Waals surface area contributed by atoms with Crippen LogP contribution in [0.5, 0.6) is 0 Å². The van der Waals surface area contributed by atoms with Crippen LogP contribution in [0.2, 0.25) is 0 Å². The van der Waals surface area contributed by atoms with Gasteiger partial charge in [-0.25, -0.2) is 0 Å². The minimum atomic E-state index is -0.690. The van der Waals surface area contributed by atoms with Gasteiger partial charge in [-0.1, -0.05) is 48.0 Å². The number of hydrogen-bond acceptors (Lipinski definition) is 6. The molecule has 0 aliphatic carbocycles. The van der Waals surface area contributed by atoms with Crippen molar-refractivity contribution >= 4 is 17.8 Å². The molecule has 0 heterocycles. The van der Waals surface area contributed by atoms with Gasteiger partial charge in [0.05, 0.1) is 24.6 Å². The largest absolute Gasteiger partial charge is 0.460 e. The third-order valence-corrected chi connectivity index (χ3v) is 6.18. The number of carbonyl (C=O) groups excluding carboxylic acids is 3. The lowest BCUT2D eigenvalue weighted by Gasteiger charge is -2.40. The van der Waals surface area contributed by atoms with Crippen molar-refractivity contribution in [2.24, 2.45) is 17.8 Å². The molecule has 0 radical (unpaired) electrons. The van der Waals surface area contributed by atoms with E-state index in [0.29, 0.717) is 0 Å². The summed E-state index contributed by atoms with van der Waals surface area (Å²) in [5.41, 5.74) is -0.602. The number of ether oxygens (including phenoxy) is 2. The predicted octanol–water partition coefficient (Wildman–Crippen LogP) is 3.33. The summed E-state index contributed by atoms with van der Waals surface area (Å²) in [6.45, 7) is 17.4. The molecule has 2 amide bonds. The van der Waals surface area contributed by atoms with Gasteiger partial charge in [0.1, 0.15) is 11.6 Å². The van der Waals surface area contributed by atoms with E-state index in [1.807, 2.05) is 81.3 Å². The lowest BCUT2D eigenvalue weighted by Crippen LogP contribution is -2.59. The van der Waals surface area contributed by atoms with E-state index in [1.165, 1.54) is 0 Å². The third-order valence-electron chi connectivity index (χ3n) is 6.18. The van der Waals surface area contributed by atoms with Crippen LogP contribution in [-0.2, 0) is 23.9 Å². The van der Waals surface area contributed by atoms with E-state index in [4.69, 9.17) is 9.47 Å². The van der Waals surface area contributed by atoms with Crippen molar-refractivity contribution in [3.63, 3.8) is 0 Å². The maximum Gasteiger partial charge on any atom is 0.309 e. The molecule has 1 N–H and O–H groups in total. The zero-order valence-electron chi connectivity index (χ0n) is 23.9. The Morgan fingerprint density at radius 2 is 1.47 bits per heavy atom. The third kappa shape index (κ3) is 9.90. The fraction of sp³-hybridized carbons (Fsp3) is 0.885. The van der Waals surface area contributed by atoms with Gasteiger partial charge in [0, 0.05) is 14.2 Å². The second-order valence-electron chi connectivity index (χ2n) is 11.3. The first-order chi connectivity index (χ1) is 15.5. The van der Waals surface area contributed by atoms with Crippen molar-refractivity contribution < 1.29 is 23.9 Å². The van der Waals surface area contributed by atoms with Crippen LogP contribution in [0.25, 0.3) is 0 Å².